The lowest BCUT2D eigenvalue weighted by atomic mass is 10.2. The van der Waals surface area contributed by atoms with Gasteiger partial charge in [0.25, 0.3) is 0 Å². The van der Waals surface area contributed by atoms with Gasteiger partial charge in [-0.15, -0.1) is 0 Å². The monoisotopic (exact) mass is 130 g/mol. The van der Waals surface area contributed by atoms with E-state index in [9.17, 15) is 4.79 Å². The van der Waals surface area contributed by atoms with Crippen LogP contribution in [0.1, 0.15) is 25.7 Å². The molecular formula is C6H11OP. The molecule has 0 aliphatic carbocycles. The summed E-state index contributed by atoms with van der Waals surface area (Å²) < 4.78 is 0. The van der Waals surface area contributed by atoms with Gasteiger partial charge in [-0.1, -0.05) is 15.0 Å². The van der Waals surface area contributed by atoms with E-state index in [-0.39, 0.29) is 0 Å². The average molecular weight is 130 g/mol. The van der Waals surface area contributed by atoms with E-state index >= 15 is 0 Å². The van der Waals surface area contributed by atoms with E-state index in [1.54, 1.807) is 0 Å². The topological polar surface area (TPSA) is 17.1 Å². The lowest BCUT2D eigenvalue weighted by Gasteiger charge is -1.87. The third-order valence-corrected chi connectivity index (χ3v) is 2.65. The molecule has 1 nitrogen and oxygen atoms in total. The fourth-order valence-electron chi connectivity index (χ4n) is 0.904. The SMILES string of the molecule is O=C1CCCCCP1. The zero-order valence-electron chi connectivity index (χ0n) is 4.94. The Morgan fingerprint density at radius 1 is 1.25 bits per heavy atom. The van der Waals surface area contributed by atoms with Gasteiger partial charge in [0.1, 0.15) is 0 Å². The molecule has 0 spiro atoms. The summed E-state index contributed by atoms with van der Waals surface area (Å²) in [5.41, 5.74) is 0.502. The lowest BCUT2D eigenvalue weighted by molar-refractivity contribution is -0.111. The van der Waals surface area contributed by atoms with E-state index in [1.165, 1.54) is 19.0 Å². The Labute approximate surface area is 51.6 Å². The molecule has 1 saturated heterocycles. The molecule has 0 N–H and O–H groups in total. The van der Waals surface area contributed by atoms with Crippen LogP contribution in [0.2, 0.25) is 0 Å². The second-order valence-corrected chi connectivity index (χ2v) is 3.57. The second kappa shape index (κ2) is 3.19. The summed E-state index contributed by atoms with van der Waals surface area (Å²) in [6.45, 7) is 0. The Morgan fingerprint density at radius 3 is 3.00 bits per heavy atom. The van der Waals surface area contributed by atoms with Gasteiger partial charge in [-0.2, -0.15) is 0 Å². The number of rotatable bonds is 0. The number of carbonyl (C=O) groups excluding carboxylic acids is 1. The van der Waals surface area contributed by atoms with Gasteiger partial charge < -0.3 is 0 Å². The van der Waals surface area contributed by atoms with Crippen molar-refractivity contribution in [3.05, 3.63) is 0 Å². The molecule has 1 aliphatic rings. The molecule has 0 bridgehead atoms. The van der Waals surface area contributed by atoms with Crippen molar-refractivity contribution in [2.75, 3.05) is 6.16 Å². The third kappa shape index (κ3) is 1.92. The second-order valence-electron chi connectivity index (χ2n) is 2.16. The first-order valence-electron chi connectivity index (χ1n) is 3.16. The summed E-state index contributed by atoms with van der Waals surface area (Å²) in [7, 11) is 0.630. The van der Waals surface area contributed by atoms with Crippen molar-refractivity contribution >= 4 is 14.1 Å². The Bertz CT molecular complexity index is 80.5. The van der Waals surface area contributed by atoms with Crippen LogP contribution >= 0.6 is 8.58 Å². The first kappa shape index (κ1) is 6.22. The van der Waals surface area contributed by atoms with Crippen LogP contribution in [0.4, 0.5) is 0 Å². The van der Waals surface area contributed by atoms with Gasteiger partial charge in [-0.05, 0) is 19.0 Å². The van der Waals surface area contributed by atoms with Gasteiger partial charge >= 0.3 is 0 Å². The highest BCUT2D eigenvalue weighted by Crippen LogP contribution is 2.22. The van der Waals surface area contributed by atoms with E-state index in [4.69, 9.17) is 0 Å². The molecule has 0 amide bonds. The Morgan fingerprint density at radius 2 is 2.12 bits per heavy atom. The first-order valence-corrected chi connectivity index (χ1v) is 4.37. The maximum atomic E-state index is 10.7. The summed E-state index contributed by atoms with van der Waals surface area (Å²) in [5.74, 6) is 0. The minimum atomic E-state index is 0.502. The van der Waals surface area contributed by atoms with Crippen molar-refractivity contribution in [1.82, 2.24) is 0 Å². The summed E-state index contributed by atoms with van der Waals surface area (Å²) >= 11 is 0. The molecule has 1 rings (SSSR count). The van der Waals surface area contributed by atoms with Crippen molar-refractivity contribution in [3.8, 4) is 0 Å². The summed E-state index contributed by atoms with van der Waals surface area (Å²) in [4.78, 5) is 10.7. The molecule has 0 aromatic carbocycles. The summed E-state index contributed by atoms with van der Waals surface area (Å²) in [6, 6.07) is 0. The maximum Gasteiger partial charge on any atom is 0.151 e. The molecule has 1 atom stereocenters. The van der Waals surface area contributed by atoms with Gasteiger partial charge in [0.15, 0.2) is 5.52 Å². The summed E-state index contributed by atoms with van der Waals surface area (Å²) in [6.07, 6.45) is 5.73. The van der Waals surface area contributed by atoms with Gasteiger partial charge in [0, 0.05) is 6.42 Å². The van der Waals surface area contributed by atoms with Crippen LogP contribution in [-0.2, 0) is 4.79 Å². The molecule has 1 fully saturated rings. The van der Waals surface area contributed by atoms with Gasteiger partial charge in [-0.3, -0.25) is 4.79 Å². The Balaban J connectivity index is 2.27. The minimum Gasteiger partial charge on any atom is -0.295 e. The molecule has 0 aromatic rings. The van der Waals surface area contributed by atoms with Crippen molar-refractivity contribution in [1.29, 1.82) is 0 Å². The lowest BCUT2D eigenvalue weighted by Crippen LogP contribution is -1.83. The molecule has 1 heterocycles. The van der Waals surface area contributed by atoms with Crippen molar-refractivity contribution < 1.29 is 4.79 Å². The molecule has 46 valence electrons. The number of hydrogen-bond acceptors (Lipinski definition) is 1. The molecular weight excluding hydrogens is 119 g/mol. The van der Waals surface area contributed by atoms with Crippen LogP contribution in [0.5, 0.6) is 0 Å². The van der Waals surface area contributed by atoms with Crippen LogP contribution in [0.3, 0.4) is 0 Å². The quantitative estimate of drug-likeness (QED) is 0.456. The van der Waals surface area contributed by atoms with Crippen LogP contribution in [0.15, 0.2) is 0 Å². The van der Waals surface area contributed by atoms with Gasteiger partial charge in [0.2, 0.25) is 0 Å². The fraction of sp³-hybridized carbons (Fsp3) is 0.833. The molecule has 0 saturated carbocycles. The van der Waals surface area contributed by atoms with E-state index in [1.807, 2.05) is 0 Å². The third-order valence-electron chi connectivity index (χ3n) is 1.40. The van der Waals surface area contributed by atoms with Crippen LogP contribution < -0.4 is 0 Å². The van der Waals surface area contributed by atoms with Crippen molar-refractivity contribution in [2.24, 2.45) is 0 Å². The van der Waals surface area contributed by atoms with E-state index < -0.39 is 0 Å². The molecule has 0 radical (unpaired) electrons. The fourth-order valence-corrected chi connectivity index (χ4v) is 1.96. The highest BCUT2D eigenvalue weighted by molar-refractivity contribution is 7.57. The maximum absolute atomic E-state index is 10.7. The van der Waals surface area contributed by atoms with Crippen molar-refractivity contribution in [3.63, 3.8) is 0 Å². The minimum absolute atomic E-state index is 0.502. The highest BCUT2D eigenvalue weighted by atomic mass is 31.1. The van der Waals surface area contributed by atoms with E-state index in [0.29, 0.717) is 14.1 Å². The standard InChI is InChI=1S/C6H11OP/c7-6-4-2-1-3-5-8-6/h8H,1-5H2. The Hall–Kier alpha value is 0.100. The normalized spacial score (nSPS) is 25.8. The van der Waals surface area contributed by atoms with Crippen LogP contribution in [0.25, 0.3) is 0 Å². The summed E-state index contributed by atoms with van der Waals surface area (Å²) in [5, 5.41) is 0. The van der Waals surface area contributed by atoms with Gasteiger partial charge in [-0.25, -0.2) is 0 Å². The molecule has 1 aliphatic heterocycles. The zero-order valence-corrected chi connectivity index (χ0v) is 5.94. The van der Waals surface area contributed by atoms with Crippen LogP contribution in [-0.4, -0.2) is 11.7 Å². The Kier molecular flexibility index (Phi) is 2.48. The zero-order chi connectivity index (χ0) is 5.82. The predicted octanol–water partition coefficient (Wildman–Crippen LogP) is 1.77. The van der Waals surface area contributed by atoms with E-state index in [2.05, 4.69) is 0 Å². The molecule has 2 heteroatoms. The first-order chi connectivity index (χ1) is 3.89. The van der Waals surface area contributed by atoms with Crippen molar-refractivity contribution in [2.45, 2.75) is 25.7 Å². The smallest absolute Gasteiger partial charge is 0.151 e. The van der Waals surface area contributed by atoms with Gasteiger partial charge in [0.05, 0.1) is 0 Å². The predicted molar refractivity (Wildman–Crippen MR) is 36.7 cm³/mol. The molecule has 8 heavy (non-hydrogen) atoms. The highest BCUT2D eigenvalue weighted by Gasteiger charge is 2.04. The molecule has 0 aromatic heterocycles. The van der Waals surface area contributed by atoms with Crippen LogP contribution in [0, 0.1) is 0 Å². The number of carbonyl (C=O) groups is 1. The molecule has 1 unspecified atom stereocenters. The number of hydrogen-bond donors (Lipinski definition) is 0. The largest absolute Gasteiger partial charge is 0.295 e. The average Bonchev–Trinajstić information content (AvgIpc) is 1.94. The van der Waals surface area contributed by atoms with E-state index in [0.717, 1.165) is 12.8 Å².